The molecule has 0 spiro atoms. The van der Waals surface area contributed by atoms with Gasteiger partial charge in [-0.05, 0) is 25.5 Å². The minimum atomic E-state index is -0.587. The Morgan fingerprint density at radius 3 is 2.95 bits per heavy atom. The molecule has 1 aromatic carbocycles. The quantitative estimate of drug-likeness (QED) is 0.646. The predicted octanol–water partition coefficient (Wildman–Crippen LogP) is 1.21. The van der Waals surface area contributed by atoms with Gasteiger partial charge < -0.3 is 5.73 Å². The molecule has 19 heavy (non-hydrogen) atoms. The molecule has 0 fully saturated rings. The normalized spacial score (nSPS) is 10.6. The molecule has 0 radical (unpaired) electrons. The first-order valence-electron chi connectivity index (χ1n) is 5.67. The van der Waals surface area contributed by atoms with E-state index in [0.717, 1.165) is 24.6 Å². The van der Waals surface area contributed by atoms with Crippen molar-refractivity contribution in [3.05, 3.63) is 46.0 Å². The SMILES string of the molecule is NCCCc1cn(-c2cc(F)ccc2[N+](=O)[O-])nn1. The van der Waals surface area contributed by atoms with E-state index in [4.69, 9.17) is 5.73 Å². The van der Waals surface area contributed by atoms with Crippen molar-refractivity contribution in [2.75, 3.05) is 6.54 Å². The Hall–Kier alpha value is -2.35. The van der Waals surface area contributed by atoms with Crippen LogP contribution in [0.1, 0.15) is 12.1 Å². The summed E-state index contributed by atoms with van der Waals surface area (Å²) >= 11 is 0. The maximum absolute atomic E-state index is 13.2. The average molecular weight is 265 g/mol. The lowest BCUT2D eigenvalue weighted by atomic mass is 10.2. The van der Waals surface area contributed by atoms with E-state index in [-0.39, 0.29) is 11.4 Å². The van der Waals surface area contributed by atoms with Gasteiger partial charge in [-0.3, -0.25) is 10.1 Å². The number of nitro groups is 1. The summed E-state index contributed by atoms with van der Waals surface area (Å²) in [6.45, 7) is 0.521. The van der Waals surface area contributed by atoms with E-state index in [2.05, 4.69) is 10.3 Å². The summed E-state index contributed by atoms with van der Waals surface area (Å²) in [5.41, 5.74) is 5.87. The van der Waals surface area contributed by atoms with Crippen LogP contribution in [-0.4, -0.2) is 26.5 Å². The Morgan fingerprint density at radius 1 is 1.47 bits per heavy atom. The van der Waals surface area contributed by atoms with Gasteiger partial charge >= 0.3 is 0 Å². The van der Waals surface area contributed by atoms with Crippen LogP contribution in [0.25, 0.3) is 5.69 Å². The van der Waals surface area contributed by atoms with Crippen LogP contribution < -0.4 is 5.73 Å². The second-order valence-corrected chi connectivity index (χ2v) is 3.94. The smallest absolute Gasteiger partial charge is 0.295 e. The van der Waals surface area contributed by atoms with Gasteiger partial charge in [-0.15, -0.1) is 5.10 Å². The minimum Gasteiger partial charge on any atom is -0.330 e. The summed E-state index contributed by atoms with van der Waals surface area (Å²) in [6, 6.07) is 3.19. The third-order valence-corrected chi connectivity index (χ3v) is 2.56. The third kappa shape index (κ3) is 2.91. The van der Waals surface area contributed by atoms with Gasteiger partial charge in [0, 0.05) is 12.1 Å². The van der Waals surface area contributed by atoms with Gasteiger partial charge in [0.15, 0.2) is 0 Å². The first-order chi connectivity index (χ1) is 9.11. The predicted molar refractivity (Wildman–Crippen MR) is 65.3 cm³/mol. The van der Waals surface area contributed by atoms with Crippen LogP contribution in [0, 0.1) is 15.9 Å². The first kappa shape index (κ1) is 13.1. The zero-order valence-corrected chi connectivity index (χ0v) is 9.99. The maximum Gasteiger partial charge on any atom is 0.295 e. The van der Waals surface area contributed by atoms with Crippen LogP contribution in [0.5, 0.6) is 0 Å². The number of benzene rings is 1. The van der Waals surface area contributed by atoms with Crippen molar-refractivity contribution in [1.29, 1.82) is 0 Å². The number of nitro benzene ring substituents is 1. The van der Waals surface area contributed by atoms with Crippen molar-refractivity contribution in [2.24, 2.45) is 5.73 Å². The molecule has 2 aromatic rings. The number of rotatable bonds is 5. The second-order valence-electron chi connectivity index (χ2n) is 3.94. The average Bonchev–Trinajstić information content (AvgIpc) is 2.84. The molecule has 0 atom stereocenters. The number of hydrogen-bond acceptors (Lipinski definition) is 5. The molecule has 8 heteroatoms. The van der Waals surface area contributed by atoms with Gasteiger partial charge in [0.1, 0.15) is 11.5 Å². The second kappa shape index (κ2) is 5.53. The highest BCUT2D eigenvalue weighted by Gasteiger charge is 2.17. The van der Waals surface area contributed by atoms with Crippen molar-refractivity contribution >= 4 is 5.69 Å². The zero-order valence-electron chi connectivity index (χ0n) is 9.99. The molecule has 0 unspecified atom stereocenters. The fourth-order valence-corrected chi connectivity index (χ4v) is 1.65. The topological polar surface area (TPSA) is 99.9 Å². The number of aromatic nitrogens is 3. The van der Waals surface area contributed by atoms with Crippen LogP contribution in [0.4, 0.5) is 10.1 Å². The lowest BCUT2D eigenvalue weighted by molar-refractivity contribution is -0.384. The molecule has 7 nitrogen and oxygen atoms in total. The van der Waals surface area contributed by atoms with Gasteiger partial charge in [-0.25, -0.2) is 9.07 Å². The molecular formula is C11H12FN5O2. The maximum atomic E-state index is 13.2. The largest absolute Gasteiger partial charge is 0.330 e. The fourth-order valence-electron chi connectivity index (χ4n) is 1.65. The molecule has 2 N–H and O–H groups in total. The molecule has 0 aliphatic carbocycles. The molecule has 0 bridgehead atoms. The van der Waals surface area contributed by atoms with Gasteiger partial charge in [0.25, 0.3) is 5.69 Å². The molecular weight excluding hydrogens is 253 g/mol. The molecule has 0 saturated carbocycles. The highest BCUT2D eigenvalue weighted by Crippen LogP contribution is 2.23. The number of hydrogen-bond donors (Lipinski definition) is 1. The Bertz CT molecular complexity index is 599. The lowest BCUT2D eigenvalue weighted by Crippen LogP contribution is -2.01. The highest BCUT2D eigenvalue weighted by molar-refractivity contribution is 5.51. The van der Waals surface area contributed by atoms with Crippen LogP contribution in [0.2, 0.25) is 0 Å². The van der Waals surface area contributed by atoms with E-state index >= 15 is 0 Å². The molecule has 100 valence electrons. The molecule has 0 amide bonds. The Kier molecular flexibility index (Phi) is 3.81. The molecule has 1 heterocycles. The van der Waals surface area contributed by atoms with E-state index < -0.39 is 10.7 Å². The summed E-state index contributed by atoms with van der Waals surface area (Å²) in [7, 11) is 0. The summed E-state index contributed by atoms with van der Waals surface area (Å²) in [5.74, 6) is -0.570. The lowest BCUT2D eigenvalue weighted by Gasteiger charge is -2.01. The van der Waals surface area contributed by atoms with Gasteiger partial charge in [-0.1, -0.05) is 5.21 Å². The van der Waals surface area contributed by atoms with Gasteiger partial charge in [-0.2, -0.15) is 0 Å². The van der Waals surface area contributed by atoms with E-state index in [0.29, 0.717) is 18.7 Å². The van der Waals surface area contributed by atoms with Gasteiger partial charge in [0.05, 0.1) is 16.8 Å². The number of nitrogens with zero attached hydrogens (tertiary/aromatic N) is 4. The molecule has 0 saturated heterocycles. The number of aryl methyl sites for hydroxylation is 1. The van der Waals surface area contributed by atoms with Crippen molar-refractivity contribution in [3.63, 3.8) is 0 Å². The molecule has 0 aliphatic heterocycles. The van der Waals surface area contributed by atoms with Crippen molar-refractivity contribution in [2.45, 2.75) is 12.8 Å². The number of nitrogens with two attached hydrogens (primary N) is 1. The zero-order chi connectivity index (χ0) is 13.8. The van der Waals surface area contributed by atoms with E-state index in [1.807, 2.05) is 0 Å². The van der Waals surface area contributed by atoms with Gasteiger partial charge in [0.2, 0.25) is 0 Å². The Balaban J connectivity index is 2.37. The summed E-state index contributed by atoms with van der Waals surface area (Å²) in [5, 5.41) is 18.5. The highest BCUT2D eigenvalue weighted by atomic mass is 19.1. The van der Waals surface area contributed by atoms with Crippen LogP contribution >= 0.6 is 0 Å². The summed E-state index contributed by atoms with van der Waals surface area (Å²) < 4.78 is 14.4. The van der Waals surface area contributed by atoms with Crippen molar-refractivity contribution in [1.82, 2.24) is 15.0 Å². The summed E-state index contributed by atoms with van der Waals surface area (Å²) in [6.07, 6.45) is 2.90. The third-order valence-electron chi connectivity index (χ3n) is 2.56. The standard InChI is InChI=1S/C11H12FN5O2/c12-8-3-4-10(17(18)19)11(6-8)16-7-9(14-15-16)2-1-5-13/h3-4,6-7H,1-2,5,13H2. The van der Waals surface area contributed by atoms with E-state index in [1.165, 1.54) is 10.9 Å². The first-order valence-corrected chi connectivity index (χ1v) is 5.67. The molecule has 2 rings (SSSR count). The Morgan fingerprint density at radius 2 is 2.26 bits per heavy atom. The van der Waals surface area contributed by atoms with Crippen LogP contribution in [-0.2, 0) is 6.42 Å². The van der Waals surface area contributed by atoms with Crippen LogP contribution in [0.3, 0.4) is 0 Å². The fraction of sp³-hybridized carbons (Fsp3) is 0.273. The van der Waals surface area contributed by atoms with Crippen molar-refractivity contribution in [3.8, 4) is 5.69 Å². The van der Waals surface area contributed by atoms with E-state index in [9.17, 15) is 14.5 Å². The van der Waals surface area contributed by atoms with E-state index in [1.54, 1.807) is 0 Å². The monoisotopic (exact) mass is 265 g/mol. The summed E-state index contributed by atoms with van der Waals surface area (Å²) in [4.78, 5) is 10.3. The number of halogens is 1. The molecule has 0 aliphatic rings. The Labute approximate surface area is 108 Å². The van der Waals surface area contributed by atoms with Crippen LogP contribution in [0.15, 0.2) is 24.4 Å². The van der Waals surface area contributed by atoms with Crippen molar-refractivity contribution < 1.29 is 9.31 Å². The molecule has 1 aromatic heterocycles. The minimum absolute atomic E-state index is 0.0523.